The quantitative estimate of drug-likeness (QED) is 0.698. The van der Waals surface area contributed by atoms with Crippen molar-refractivity contribution in [1.82, 2.24) is 0 Å². The van der Waals surface area contributed by atoms with Gasteiger partial charge in [0.25, 0.3) is 0 Å². The summed E-state index contributed by atoms with van der Waals surface area (Å²) in [7, 11) is 0. The van der Waals surface area contributed by atoms with Crippen molar-refractivity contribution in [1.29, 1.82) is 0 Å². The van der Waals surface area contributed by atoms with Crippen LogP contribution in [0.5, 0.6) is 0 Å². The SMILES string of the molecule is CCc1cc(CCl)cc(CC(C)=O)c1. The molecule has 0 amide bonds. The highest BCUT2D eigenvalue weighted by Crippen LogP contribution is 2.13. The van der Waals surface area contributed by atoms with Crippen molar-refractivity contribution in [3.63, 3.8) is 0 Å². The summed E-state index contributed by atoms with van der Waals surface area (Å²) in [4.78, 5) is 11.0. The third kappa shape index (κ3) is 3.15. The Kier molecular flexibility index (Phi) is 4.15. The number of aryl methyl sites for hydroxylation is 1. The van der Waals surface area contributed by atoms with Crippen molar-refractivity contribution in [3.05, 3.63) is 34.9 Å². The fourth-order valence-corrected chi connectivity index (χ4v) is 1.66. The number of halogens is 1. The molecule has 0 aliphatic rings. The van der Waals surface area contributed by atoms with E-state index in [0.29, 0.717) is 12.3 Å². The van der Waals surface area contributed by atoms with Crippen LogP contribution >= 0.6 is 11.6 Å². The van der Waals surface area contributed by atoms with Gasteiger partial charge in [0.15, 0.2) is 0 Å². The molecule has 0 heterocycles. The van der Waals surface area contributed by atoms with E-state index in [-0.39, 0.29) is 5.78 Å². The van der Waals surface area contributed by atoms with E-state index in [0.717, 1.165) is 17.5 Å². The molecule has 0 saturated carbocycles. The number of hydrogen-bond donors (Lipinski definition) is 0. The third-order valence-corrected chi connectivity index (χ3v) is 2.44. The van der Waals surface area contributed by atoms with Crippen molar-refractivity contribution < 1.29 is 4.79 Å². The molecule has 0 unspecified atom stereocenters. The molecule has 0 fully saturated rings. The first-order valence-electron chi connectivity index (χ1n) is 4.82. The molecule has 0 bridgehead atoms. The van der Waals surface area contributed by atoms with Gasteiger partial charge in [-0.1, -0.05) is 25.1 Å². The smallest absolute Gasteiger partial charge is 0.134 e. The standard InChI is InChI=1S/C12H15ClO/c1-3-10-5-11(4-9(2)14)7-12(6-10)8-13/h5-7H,3-4,8H2,1-2H3. The van der Waals surface area contributed by atoms with Crippen LogP contribution in [0.25, 0.3) is 0 Å². The van der Waals surface area contributed by atoms with Crippen LogP contribution in [0.15, 0.2) is 18.2 Å². The highest BCUT2D eigenvalue weighted by Gasteiger charge is 2.02. The van der Waals surface area contributed by atoms with Gasteiger partial charge >= 0.3 is 0 Å². The van der Waals surface area contributed by atoms with E-state index in [2.05, 4.69) is 19.1 Å². The second-order valence-electron chi connectivity index (χ2n) is 3.52. The maximum atomic E-state index is 11.0. The Morgan fingerprint density at radius 2 is 1.79 bits per heavy atom. The topological polar surface area (TPSA) is 17.1 Å². The highest BCUT2D eigenvalue weighted by molar-refractivity contribution is 6.17. The molecule has 0 aliphatic carbocycles. The summed E-state index contributed by atoms with van der Waals surface area (Å²) in [5.41, 5.74) is 3.43. The van der Waals surface area contributed by atoms with Crippen LogP contribution in [0.3, 0.4) is 0 Å². The summed E-state index contributed by atoms with van der Waals surface area (Å²) >= 11 is 5.78. The molecule has 76 valence electrons. The van der Waals surface area contributed by atoms with E-state index in [1.165, 1.54) is 5.56 Å². The maximum absolute atomic E-state index is 11.0. The second kappa shape index (κ2) is 5.16. The van der Waals surface area contributed by atoms with Gasteiger partial charge in [-0.25, -0.2) is 0 Å². The fourth-order valence-electron chi connectivity index (χ4n) is 1.51. The number of carbonyl (C=O) groups excluding carboxylic acids is 1. The van der Waals surface area contributed by atoms with Crippen molar-refractivity contribution in [2.24, 2.45) is 0 Å². The van der Waals surface area contributed by atoms with Gasteiger partial charge in [0.1, 0.15) is 5.78 Å². The van der Waals surface area contributed by atoms with Crippen LogP contribution in [-0.4, -0.2) is 5.78 Å². The normalized spacial score (nSPS) is 10.2. The lowest BCUT2D eigenvalue weighted by atomic mass is 10.0. The number of Topliss-reactive ketones (excluding diaryl/α,β-unsaturated/α-hetero) is 1. The number of alkyl halides is 1. The van der Waals surface area contributed by atoms with Crippen molar-refractivity contribution >= 4 is 17.4 Å². The molecule has 0 aliphatic heterocycles. The van der Waals surface area contributed by atoms with E-state index in [1.807, 2.05) is 6.07 Å². The average Bonchev–Trinajstić information content (AvgIpc) is 2.16. The van der Waals surface area contributed by atoms with E-state index in [9.17, 15) is 4.79 Å². The van der Waals surface area contributed by atoms with E-state index in [4.69, 9.17) is 11.6 Å². The number of ketones is 1. The van der Waals surface area contributed by atoms with Gasteiger partial charge in [0.2, 0.25) is 0 Å². The predicted molar refractivity (Wildman–Crippen MR) is 59.8 cm³/mol. The van der Waals surface area contributed by atoms with E-state index in [1.54, 1.807) is 6.92 Å². The minimum Gasteiger partial charge on any atom is -0.300 e. The second-order valence-corrected chi connectivity index (χ2v) is 3.79. The monoisotopic (exact) mass is 210 g/mol. The molecule has 1 nitrogen and oxygen atoms in total. The molecule has 1 rings (SSSR count). The molecule has 0 radical (unpaired) electrons. The summed E-state index contributed by atoms with van der Waals surface area (Å²) in [5, 5.41) is 0. The van der Waals surface area contributed by atoms with Crippen LogP contribution < -0.4 is 0 Å². The zero-order valence-electron chi connectivity index (χ0n) is 8.64. The predicted octanol–water partition coefficient (Wildman–Crippen LogP) is 3.12. The van der Waals surface area contributed by atoms with Gasteiger partial charge in [0.05, 0.1) is 0 Å². The molecule has 0 atom stereocenters. The first-order valence-corrected chi connectivity index (χ1v) is 5.36. The summed E-state index contributed by atoms with van der Waals surface area (Å²) < 4.78 is 0. The summed E-state index contributed by atoms with van der Waals surface area (Å²) in [5.74, 6) is 0.706. The van der Waals surface area contributed by atoms with Gasteiger partial charge in [0, 0.05) is 12.3 Å². The molecule has 0 spiro atoms. The minimum atomic E-state index is 0.193. The van der Waals surface area contributed by atoms with Crippen molar-refractivity contribution in [2.75, 3.05) is 0 Å². The summed E-state index contributed by atoms with van der Waals surface area (Å²) in [6, 6.07) is 6.18. The Hall–Kier alpha value is -0.820. The first kappa shape index (κ1) is 11.3. The first-order chi connectivity index (χ1) is 6.65. The Morgan fingerprint density at radius 1 is 1.21 bits per heavy atom. The van der Waals surface area contributed by atoms with Crippen LogP contribution in [-0.2, 0) is 23.5 Å². The molecule has 0 N–H and O–H groups in total. The zero-order chi connectivity index (χ0) is 10.6. The van der Waals surface area contributed by atoms with Crippen molar-refractivity contribution in [2.45, 2.75) is 32.6 Å². The maximum Gasteiger partial charge on any atom is 0.134 e. The van der Waals surface area contributed by atoms with Gasteiger partial charge in [-0.2, -0.15) is 0 Å². The number of rotatable bonds is 4. The van der Waals surface area contributed by atoms with Crippen LogP contribution in [0.1, 0.15) is 30.5 Å². The molecular weight excluding hydrogens is 196 g/mol. The molecule has 14 heavy (non-hydrogen) atoms. The Labute approximate surface area is 90.1 Å². The fraction of sp³-hybridized carbons (Fsp3) is 0.417. The van der Waals surface area contributed by atoms with Gasteiger partial charge in [-0.15, -0.1) is 11.6 Å². The molecule has 1 aromatic carbocycles. The lowest BCUT2D eigenvalue weighted by molar-refractivity contribution is -0.116. The average molecular weight is 211 g/mol. The largest absolute Gasteiger partial charge is 0.300 e. The lowest BCUT2D eigenvalue weighted by Gasteiger charge is -2.05. The Balaban J connectivity index is 2.98. The summed E-state index contributed by atoms with van der Waals surface area (Å²) in [6.45, 7) is 3.71. The molecular formula is C12H15ClO. The Morgan fingerprint density at radius 3 is 2.29 bits per heavy atom. The molecule has 0 aromatic heterocycles. The number of benzene rings is 1. The summed E-state index contributed by atoms with van der Waals surface area (Å²) in [6.07, 6.45) is 1.49. The number of hydrogen-bond acceptors (Lipinski definition) is 1. The van der Waals surface area contributed by atoms with E-state index < -0.39 is 0 Å². The Bertz CT molecular complexity index is 309. The van der Waals surface area contributed by atoms with E-state index >= 15 is 0 Å². The van der Waals surface area contributed by atoms with Crippen LogP contribution in [0.2, 0.25) is 0 Å². The lowest BCUT2D eigenvalue weighted by Crippen LogP contribution is -1.98. The third-order valence-electron chi connectivity index (χ3n) is 2.13. The highest BCUT2D eigenvalue weighted by atomic mass is 35.5. The molecule has 0 saturated heterocycles. The van der Waals surface area contributed by atoms with Crippen LogP contribution in [0, 0.1) is 0 Å². The van der Waals surface area contributed by atoms with Crippen molar-refractivity contribution in [3.8, 4) is 0 Å². The molecule has 2 heteroatoms. The molecule has 1 aromatic rings. The van der Waals surface area contributed by atoms with Crippen LogP contribution in [0.4, 0.5) is 0 Å². The van der Waals surface area contributed by atoms with Gasteiger partial charge in [-0.05, 0) is 30.0 Å². The minimum absolute atomic E-state index is 0.193. The number of carbonyl (C=O) groups is 1. The zero-order valence-corrected chi connectivity index (χ0v) is 9.40. The van der Waals surface area contributed by atoms with Gasteiger partial charge in [-0.3, -0.25) is 4.79 Å². The van der Waals surface area contributed by atoms with Gasteiger partial charge < -0.3 is 0 Å².